The van der Waals surface area contributed by atoms with Crippen LogP contribution in [0.25, 0.3) is 0 Å². The Kier molecular flexibility index (Phi) is 5.67. The number of benzene rings is 1. The van der Waals surface area contributed by atoms with E-state index in [1.165, 1.54) is 6.07 Å². The van der Waals surface area contributed by atoms with Gasteiger partial charge in [-0.3, -0.25) is 4.79 Å². The molecule has 0 spiro atoms. The van der Waals surface area contributed by atoms with E-state index in [4.69, 9.17) is 0 Å². The molecule has 1 aliphatic rings. The molecule has 1 saturated heterocycles. The van der Waals surface area contributed by atoms with Crippen molar-refractivity contribution in [1.82, 2.24) is 10.2 Å². The number of amides is 1. The molecule has 0 radical (unpaired) electrons. The zero-order chi connectivity index (χ0) is 15.2. The van der Waals surface area contributed by atoms with E-state index in [1.54, 1.807) is 6.07 Å². The second-order valence-electron chi connectivity index (χ2n) is 5.59. The second-order valence-corrected chi connectivity index (χ2v) is 5.59. The van der Waals surface area contributed by atoms with E-state index in [9.17, 15) is 13.6 Å². The molecule has 0 unspecified atom stereocenters. The van der Waals surface area contributed by atoms with Crippen LogP contribution in [-0.2, 0) is 11.2 Å². The van der Waals surface area contributed by atoms with Gasteiger partial charge in [-0.05, 0) is 56.5 Å². The van der Waals surface area contributed by atoms with Gasteiger partial charge in [-0.2, -0.15) is 0 Å². The highest BCUT2D eigenvalue weighted by atomic mass is 19.2. The Morgan fingerprint density at radius 2 is 2.00 bits per heavy atom. The molecule has 2 rings (SSSR count). The molecular weight excluding hydrogens is 274 g/mol. The third-order valence-electron chi connectivity index (χ3n) is 4.09. The van der Waals surface area contributed by atoms with Gasteiger partial charge in [0.15, 0.2) is 11.6 Å². The Labute approximate surface area is 124 Å². The summed E-state index contributed by atoms with van der Waals surface area (Å²) < 4.78 is 25.9. The minimum Gasteiger partial charge on any atom is -0.343 e. The van der Waals surface area contributed by atoms with Crippen LogP contribution in [0.3, 0.4) is 0 Å². The summed E-state index contributed by atoms with van der Waals surface area (Å²) in [5.41, 5.74) is 0.728. The molecule has 1 aromatic rings. The Morgan fingerprint density at radius 3 is 2.67 bits per heavy atom. The van der Waals surface area contributed by atoms with E-state index < -0.39 is 11.6 Å². The van der Waals surface area contributed by atoms with Crippen LogP contribution in [0.1, 0.15) is 31.2 Å². The van der Waals surface area contributed by atoms with Gasteiger partial charge in [-0.15, -0.1) is 0 Å². The fourth-order valence-corrected chi connectivity index (χ4v) is 2.71. The molecule has 3 nitrogen and oxygen atoms in total. The van der Waals surface area contributed by atoms with Gasteiger partial charge in [0.2, 0.25) is 5.91 Å². The van der Waals surface area contributed by atoms with Crippen LogP contribution in [0.2, 0.25) is 0 Å². The second kappa shape index (κ2) is 7.50. The van der Waals surface area contributed by atoms with Crippen molar-refractivity contribution in [3.63, 3.8) is 0 Å². The highest BCUT2D eigenvalue weighted by Crippen LogP contribution is 2.14. The van der Waals surface area contributed by atoms with Crippen LogP contribution in [0.4, 0.5) is 8.78 Å². The maximum atomic E-state index is 13.1. The molecule has 1 fully saturated rings. The van der Waals surface area contributed by atoms with Crippen molar-refractivity contribution in [3.8, 4) is 0 Å². The van der Waals surface area contributed by atoms with Gasteiger partial charge in [-0.25, -0.2) is 8.78 Å². The number of halogens is 2. The predicted octanol–water partition coefficient (Wildman–Crippen LogP) is 2.50. The van der Waals surface area contributed by atoms with Gasteiger partial charge in [0, 0.05) is 19.5 Å². The Morgan fingerprint density at radius 1 is 1.29 bits per heavy atom. The first-order chi connectivity index (χ1) is 10.1. The lowest BCUT2D eigenvalue weighted by Crippen LogP contribution is -2.43. The molecule has 21 heavy (non-hydrogen) atoms. The van der Waals surface area contributed by atoms with Gasteiger partial charge < -0.3 is 10.2 Å². The van der Waals surface area contributed by atoms with Crippen LogP contribution in [0.5, 0.6) is 0 Å². The normalized spacial score (nSPS) is 16.0. The van der Waals surface area contributed by atoms with Crippen molar-refractivity contribution < 1.29 is 13.6 Å². The molecule has 1 aromatic carbocycles. The maximum absolute atomic E-state index is 13.1. The largest absolute Gasteiger partial charge is 0.343 e. The molecule has 0 aromatic heterocycles. The number of piperidine rings is 1. The zero-order valence-corrected chi connectivity index (χ0v) is 12.4. The highest BCUT2D eigenvalue weighted by Gasteiger charge is 2.21. The van der Waals surface area contributed by atoms with Gasteiger partial charge in [0.05, 0.1) is 0 Å². The fraction of sp³-hybridized carbons (Fsp3) is 0.562. The molecule has 0 atom stereocenters. The molecule has 5 heteroatoms. The third kappa shape index (κ3) is 4.49. The van der Waals surface area contributed by atoms with E-state index in [1.807, 2.05) is 11.9 Å². The molecule has 1 amide bonds. The number of nitrogens with zero attached hydrogens (tertiary/aromatic N) is 1. The lowest BCUT2D eigenvalue weighted by atomic mass is 10.0. The number of nitrogens with one attached hydrogen (secondary N) is 1. The summed E-state index contributed by atoms with van der Waals surface area (Å²) in [6.45, 7) is 1.91. The molecule has 0 aliphatic carbocycles. The molecule has 116 valence electrons. The molecule has 1 aliphatic heterocycles. The van der Waals surface area contributed by atoms with E-state index in [-0.39, 0.29) is 5.91 Å². The molecule has 0 bridgehead atoms. The number of hydrogen-bond donors (Lipinski definition) is 1. The van der Waals surface area contributed by atoms with Crippen molar-refractivity contribution in [2.75, 3.05) is 20.1 Å². The predicted molar refractivity (Wildman–Crippen MR) is 78.0 cm³/mol. The number of hydrogen-bond acceptors (Lipinski definition) is 2. The van der Waals surface area contributed by atoms with Crippen molar-refractivity contribution in [1.29, 1.82) is 0 Å². The molecular formula is C16H22F2N2O. The summed E-state index contributed by atoms with van der Waals surface area (Å²) in [5, 5.41) is 3.28. The van der Waals surface area contributed by atoms with Gasteiger partial charge in [0.25, 0.3) is 0 Å². The lowest BCUT2D eigenvalue weighted by Gasteiger charge is -2.31. The monoisotopic (exact) mass is 296 g/mol. The van der Waals surface area contributed by atoms with E-state index in [2.05, 4.69) is 5.32 Å². The minimum absolute atomic E-state index is 0.129. The average Bonchev–Trinajstić information content (AvgIpc) is 2.51. The third-order valence-corrected chi connectivity index (χ3v) is 4.09. The van der Waals surface area contributed by atoms with Crippen molar-refractivity contribution in [3.05, 3.63) is 35.4 Å². The van der Waals surface area contributed by atoms with Crippen molar-refractivity contribution in [2.45, 2.75) is 38.1 Å². The van der Waals surface area contributed by atoms with Crippen LogP contribution in [0.15, 0.2) is 18.2 Å². The van der Waals surface area contributed by atoms with Gasteiger partial charge in [0.1, 0.15) is 0 Å². The fourth-order valence-electron chi connectivity index (χ4n) is 2.71. The Hall–Kier alpha value is -1.49. The quantitative estimate of drug-likeness (QED) is 0.905. The first-order valence-corrected chi connectivity index (χ1v) is 7.48. The topological polar surface area (TPSA) is 32.3 Å². The van der Waals surface area contributed by atoms with Gasteiger partial charge >= 0.3 is 0 Å². The summed E-state index contributed by atoms with van der Waals surface area (Å²) >= 11 is 0. The first kappa shape index (κ1) is 15.9. The number of carbonyl (C=O) groups is 1. The van der Waals surface area contributed by atoms with Crippen LogP contribution < -0.4 is 5.32 Å². The zero-order valence-electron chi connectivity index (χ0n) is 12.4. The highest BCUT2D eigenvalue weighted by molar-refractivity contribution is 5.76. The Bertz CT molecular complexity index is 487. The van der Waals surface area contributed by atoms with E-state index in [0.717, 1.165) is 37.6 Å². The lowest BCUT2D eigenvalue weighted by molar-refractivity contribution is -0.132. The van der Waals surface area contributed by atoms with Gasteiger partial charge in [-0.1, -0.05) is 6.07 Å². The van der Waals surface area contributed by atoms with Crippen LogP contribution >= 0.6 is 0 Å². The summed E-state index contributed by atoms with van der Waals surface area (Å²) in [6.07, 6.45) is 3.67. The summed E-state index contributed by atoms with van der Waals surface area (Å²) in [7, 11) is 1.86. The smallest absolute Gasteiger partial charge is 0.222 e. The SMILES string of the molecule is CN(C(=O)CCCc1ccc(F)c(F)c1)C1CCNCC1. The summed E-state index contributed by atoms with van der Waals surface area (Å²) in [4.78, 5) is 14.0. The van der Waals surface area contributed by atoms with Crippen LogP contribution in [0, 0.1) is 11.6 Å². The van der Waals surface area contributed by atoms with E-state index in [0.29, 0.717) is 25.3 Å². The summed E-state index contributed by atoms with van der Waals surface area (Å²) in [5.74, 6) is -1.53. The molecule has 1 heterocycles. The average molecular weight is 296 g/mol. The minimum atomic E-state index is -0.833. The van der Waals surface area contributed by atoms with E-state index >= 15 is 0 Å². The van der Waals surface area contributed by atoms with Crippen molar-refractivity contribution >= 4 is 5.91 Å². The summed E-state index contributed by atoms with van der Waals surface area (Å²) in [6, 6.07) is 4.23. The Balaban J connectivity index is 1.76. The first-order valence-electron chi connectivity index (χ1n) is 7.48. The maximum Gasteiger partial charge on any atom is 0.222 e. The molecule has 1 N–H and O–H groups in total. The standard InChI is InChI=1S/C16H22F2N2O/c1-20(13-7-9-19-10-8-13)16(21)4-2-3-12-5-6-14(17)15(18)11-12/h5-6,11,13,19H,2-4,7-10H2,1H3. The number of carbonyl (C=O) groups excluding carboxylic acids is 1. The van der Waals surface area contributed by atoms with Crippen LogP contribution in [-0.4, -0.2) is 37.0 Å². The number of rotatable bonds is 5. The van der Waals surface area contributed by atoms with Crippen molar-refractivity contribution in [2.24, 2.45) is 0 Å². The molecule has 0 saturated carbocycles. The number of aryl methyl sites for hydroxylation is 1.